The number of nitrogens with zero attached hydrogens (tertiary/aromatic N) is 1. The van der Waals surface area contributed by atoms with Crippen LogP contribution < -0.4 is 5.32 Å². The van der Waals surface area contributed by atoms with E-state index in [1.165, 1.54) is 6.92 Å². The minimum absolute atomic E-state index is 0.00935. The Morgan fingerprint density at radius 3 is 2.23 bits per heavy atom. The zero-order valence-electron chi connectivity index (χ0n) is 15.0. The molecule has 4 heteroatoms. The normalized spacial score (nSPS) is 11.8. The number of carbonyl (C=O) groups is 2. The van der Waals surface area contributed by atoms with E-state index in [1.807, 2.05) is 36.7 Å². The minimum Gasteiger partial charge on any atom is -0.346 e. The van der Waals surface area contributed by atoms with Gasteiger partial charge in [-0.3, -0.25) is 9.59 Å². The van der Waals surface area contributed by atoms with E-state index in [2.05, 4.69) is 28.9 Å². The molecule has 1 amide bonds. The van der Waals surface area contributed by atoms with Crippen molar-refractivity contribution < 1.29 is 9.59 Å². The van der Waals surface area contributed by atoms with Crippen molar-refractivity contribution in [3.8, 4) is 0 Å². The minimum atomic E-state index is -0.0671. The standard InChI is InChI=1S/C22H22N2O2/c1-16-7-3-4-8-20(16)21(24-13-5-6-14-24)15-22(26)23-19-11-9-18(10-12-19)17(2)25/h3-14,21H,15H2,1-2H3,(H,23,26). The highest BCUT2D eigenvalue weighted by Gasteiger charge is 2.19. The van der Waals surface area contributed by atoms with Crippen molar-refractivity contribution in [1.82, 2.24) is 4.57 Å². The van der Waals surface area contributed by atoms with Gasteiger partial charge in [-0.05, 0) is 61.4 Å². The molecule has 0 saturated heterocycles. The zero-order chi connectivity index (χ0) is 18.5. The van der Waals surface area contributed by atoms with Crippen LogP contribution in [-0.2, 0) is 4.79 Å². The van der Waals surface area contributed by atoms with Crippen LogP contribution in [0.5, 0.6) is 0 Å². The second kappa shape index (κ2) is 7.83. The van der Waals surface area contributed by atoms with Crippen molar-refractivity contribution in [1.29, 1.82) is 0 Å². The fraction of sp³-hybridized carbons (Fsp3) is 0.182. The Hall–Kier alpha value is -3.14. The van der Waals surface area contributed by atoms with Crippen LogP contribution in [0.2, 0.25) is 0 Å². The number of nitrogens with one attached hydrogen (secondary N) is 1. The first kappa shape index (κ1) is 17.7. The van der Waals surface area contributed by atoms with Crippen LogP contribution in [0.4, 0.5) is 5.69 Å². The Labute approximate surface area is 153 Å². The number of Topliss-reactive ketones (excluding diaryl/α,β-unsaturated/α-hetero) is 1. The molecule has 1 aromatic heterocycles. The number of aromatic nitrogens is 1. The van der Waals surface area contributed by atoms with Gasteiger partial charge in [-0.15, -0.1) is 0 Å². The van der Waals surface area contributed by atoms with Gasteiger partial charge in [-0.25, -0.2) is 0 Å². The number of rotatable bonds is 6. The monoisotopic (exact) mass is 346 g/mol. The summed E-state index contributed by atoms with van der Waals surface area (Å²) in [5.74, 6) is -0.0578. The lowest BCUT2D eigenvalue weighted by Gasteiger charge is -2.21. The maximum absolute atomic E-state index is 12.6. The van der Waals surface area contributed by atoms with Gasteiger partial charge in [0, 0.05) is 23.6 Å². The van der Waals surface area contributed by atoms with E-state index in [9.17, 15) is 9.59 Å². The Balaban J connectivity index is 1.78. The number of anilines is 1. The molecule has 0 fully saturated rings. The van der Waals surface area contributed by atoms with Gasteiger partial charge in [0.25, 0.3) is 0 Å². The number of aryl methyl sites for hydroxylation is 1. The van der Waals surface area contributed by atoms with Crippen molar-refractivity contribution in [3.05, 3.63) is 89.7 Å². The van der Waals surface area contributed by atoms with Crippen molar-refractivity contribution in [2.75, 3.05) is 5.32 Å². The Kier molecular flexibility index (Phi) is 5.32. The SMILES string of the molecule is CC(=O)c1ccc(NC(=O)CC(c2ccccc2C)n2cccc2)cc1. The lowest BCUT2D eigenvalue weighted by molar-refractivity contribution is -0.116. The first-order chi connectivity index (χ1) is 12.5. The summed E-state index contributed by atoms with van der Waals surface area (Å²) in [6.45, 7) is 3.59. The van der Waals surface area contributed by atoms with Crippen LogP contribution in [0.1, 0.15) is 40.9 Å². The molecule has 0 aliphatic rings. The molecular formula is C22H22N2O2. The highest BCUT2D eigenvalue weighted by molar-refractivity contribution is 5.95. The largest absolute Gasteiger partial charge is 0.346 e. The average Bonchev–Trinajstić information content (AvgIpc) is 3.15. The fourth-order valence-electron chi connectivity index (χ4n) is 3.07. The highest BCUT2D eigenvalue weighted by atomic mass is 16.1. The lowest BCUT2D eigenvalue weighted by Crippen LogP contribution is -2.20. The van der Waals surface area contributed by atoms with Gasteiger partial charge in [0.15, 0.2) is 5.78 Å². The topological polar surface area (TPSA) is 51.1 Å². The maximum atomic E-state index is 12.6. The summed E-state index contributed by atoms with van der Waals surface area (Å²) in [6.07, 6.45) is 4.28. The molecule has 26 heavy (non-hydrogen) atoms. The van der Waals surface area contributed by atoms with Crippen molar-refractivity contribution in [2.24, 2.45) is 0 Å². The molecule has 1 heterocycles. The predicted octanol–water partition coefficient (Wildman–Crippen LogP) is 4.62. The zero-order valence-corrected chi connectivity index (χ0v) is 15.0. The molecule has 1 N–H and O–H groups in total. The number of benzene rings is 2. The number of hydrogen-bond donors (Lipinski definition) is 1. The quantitative estimate of drug-likeness (QED) is 0.662. The molecule has 132 valence electrons. The van der Waals surface area contributed by atoms with E-state index in [1.54, 1.807) is 24.3 Å². The highest BCUT2D eigenvalue weighted by Crippen LogP contribution is 2.26. The molecule has 4 nitrogen and oxygen atoms in total. The summed E-state index contributed by atoms with van der Waals surface area (Å²) in [4.78, 5) is 24.0. The number of ketones is 1. The second-order valence-electron chi connectivity index (χ2n) is 6.39. The fourth-order valence-corrected chi connectivity index (χ4v) is 3.07. The van der Waals surface area contributed by atoms with E-state index in [0.29, 0.717) is 17.7 Å². The van der Waals surface area contributed by atoms with Gasteiger partial charge in [0.2, 0.25) is 5.91 Å². The summed E-state index contributed by atoms with van der Waals surface area (Å²) in [7, 11) is 0. The van der Waals surface area contributed by atoms with E-state index in [4.69, 9.17) is 0 Å². The maximum Gasteiger partial charge on any atom is 0.226 e. The smallest absolute Gasteiger partial charge is 0.226 e. The van der Waals surface area contributed by atoms with Crippen LogP contribution >= 0.6 is 0 Å². The third-order valence-corrected chi connectivity index (χ3v) is 4.49. The molecule has 1 unspecified atom stereocenters. The van der Waals surface area contributed by atoms with Gasteiger partial charge in [0.05, 0.1) is 12.5 Å². The number of amides is 1. The van der Waals surface area contributed by atoms with Gasteiger partial charge >= 0.3 is 0 Å². The van der Waals surface area contributed by atoms with Crippen LogP contribution in [-0.4, -0.2) is 16.3 Å². The van der Waals surface area contributed by atoms with Crippen LogP contribution in [0.25, 0.3) is 0 Å². The van der Waals surface area contributed by atoms with Crippen molar-refractivity contribution in [2.45, 2.75) is 26.3 Å². The van der Waals surface area contributed by atoms with E-state index in [-0.39, 0.29) is 17.7 Å². The third-order valence-electron chi connectivity index (χ3n) is 4.49. The van der Waals surface area contributed by atoms with Gasteiger partial charge in [-0.1, -0.05) is 24.3 Å². The summed E-state index contributed by atoms with van der Waals surface area (Å²) in [5.41, 5.74) is 3.61. The van der Waals surface area contributed by atoms with Crippen LogP contribution in [0, 0.1) is 6.92 Å². The molecule has 0 radical (unpaired) electrons. The summed E-state index contributed by atoms with van der Waals surface area (Å²) in [5, 5.41) is 2.93. The number of hydrogen-bond acceptors (Lipinski definition) is 2. The van der Waals surface area contributed by atoms with Gasteiger partial charge < -0.3 is 9.88 Å². The molecule has 0 bridgehead atoms. The summed E-state index contributed by atoms with van der Waals surface area (Å²) in [6, 6.07) is 18.9. The van der Waals surface area contributed by atoms with Crippen molar-refractivity contribution >= 4 is 17.4 Å². The van der Waals surface area contributed by atoms with Gasteiger partial charge in [-0.2, -0.15) is 0 Å². The molecule has 1 atom stereocenters. The predicted molar refractivity (Wildman–Crippen MR) is 103 cm³/mol. The van der Waals surface area contributed by atoms with E-state index in [0.717, 1.165) is 11.1 Å². The Bertz CT molecular complexity index is 896. The van der Waals surface area contributed by atoms with Gasteiger partial charge in [0.1, 0.15) is 0 Å². The summed E-state index contributed by atoms with van der Waals surface area (Å²) >= 11 is 0. The molecule has 3 rings (SSSR count). The van der Waals surface area contributed by atoms with E-state index < -0.39 is 0 Å². The van der Waals surface area contributed by atoms with Crippen LogP contribution in [0.15, 0.2) is 73.1 Å². The molecule has 2 aromatic carbocycles. The first-order valence-corrected chi connectivity index (χ1v) is 8.63. The Morgan fingerprint density at radius 1 is 0.962 bits per heavy atom. The molecule has 0 saturated carbocycles. The molecule has 0 aliphatic heterocycles. The van der Waals surface area contributed by atoms with Crippen LogP contribution in [0.3, 0.4) is 0 Å². The van der Waals surface area contributed by atoms with E-state index >= 15 is 0 Å². The third kappa shape index (κ3) is 4.09. The average molecular weight is 346 g/mol. The molecule has 0 spiro atoms. The second-order valence-corrected chi connectivity index (χ2v) is 6.39. The summed E-state index contributed by atoms with van der Waals surface area (Å²) < 4.78 is 2.06. The molecule has 3 aromatic rings. The lowest BCUT2D eigenvalue weighted by atomic mass is 9.98. The molecular weight excluding hydrogens is 324 g/mol. The number of carbonyl (C=O) groups excluding carboxylic acids is 2. The van der Waals surface area contributed by atoms with Crippen molar-refractivity contribution in [3.63, 3.8) is 0 Å². The first-order valence-electron chi connectivity index (χ1n) is 8.63. The Morgan fingerprint density at radius 2 is 1.62 bits per heavy atom. The molecule has 0 aliphatic carbocycles.